The maximum atomic E-state index is 13.0. The predicted molar refractivity (Wildman–Crippen MR) is 99.5 cm³/mol. The molecule has 2 aliphatic heterocycles. The Bertz CT molecular complexity index is 517. The second-order valence-electron chi connectivity index (χ2n) is 8.77. The number of carbonyl (C=O) groups excluding carboxylic acids is 2. The van der Waals surface area contributed by atoms with E-state index in [1.165, 1.54) is 30.6 Å². The molecule has 3 aliphatic rings. The first kappa shape index (κ1) is 20.7. The van der Waals surface area contributed by atoms with Crippen LogP contribution in [0.25, 0.3) is 0 Å². The van der Waals surface area contributed by atoms with Gasteiger partial charge in [-0.3, -0.25) is 14.5 Å². The van der Waals surface area contributed by atoms with E-state index in [1.54, 1.807) is 0 Å². The molecule has 0 spiro atoms. The fourth-order valence-electron chi connectivity index (χ4n) is 4.96. The molecular formula is C19H33ClN2O3. The molecule has 144 valence electrons. The molecule has 0 aromatic heterocycles. The van der Waals surface area contributed by atoms with E-state index in [0.29, 0.717) is 6.54 Å². The Kier molecular flexibility index (Phi) is 6.22. The smallest absolute Gasteiger partial charge is 0.235 e. The Morgan fingerprint density at radius 3 is 2.28 bits per heavy atom. The monoisotopic (exact) mass is 372 g/mol. The van der Waals surface area contributed by atoms with Crippen molar-refractivity contribution in [3.05, 3.63) is 0 Å². The largest absolute Gasteiger partial charge is 0.390 e. The van der Waals surface area contributed by atoms with Crippen molar-refractivity contribution in [2.75, 3.05) is 26.2 Å². The summed E-state index contributed by atoms with van der Waals surface area (Å²) in [7, 11) is 0. The van der Waals surface area contributed by atoms with E-state index in [9.17, 15) is 14.7 Å². The van der Waals surface area contributed by atoms with E-state index in [-0.39, 0.29) is 42.1 Å². The molecule has 2 saturated heterocycles. The molecular weight excluding hydrogens is 340 g/mol. The standard InChI is InChI=1S/C19H32N2O3.ClH/c1-18(2)15-8-9-19(18,3)17(24)21(16(15)23)13-14(22)12-20-10-6-4-5-7-11-20;/h14-15,22H,4-13H2,1-3H3;1H. The number of aliphatic hydroxyl groups is 1. The maximum Gasteiger partial charge on any atom is 0.235 e. The molecule has 3 rings (SSSR count). The zero-order chi connectivity index (χ0) is 17.5. The second-order valence-corrected chi connectivity index (χ2v) is 8.77. The van der Waals surface area contributed by atoms with Crippen LogP contribution in [0, 0.1) is 16.7 Å². The van der Waals surface area contributed by atoms with Gasteiger partial charge in [-0.1, -0.05) is 33.6 Å². The highest BCUT2D eigenvalue weighted by molar-refractivity contribution is 6.03. The molecule has 0 aromatic rings. The number of hydrogen-bond donors (Lipinski definition) is 1. The first-order valence-corrected chi connectivity index (χ1v) is 9.53. The number of halogens is 1. The van der Waals surface area contributed by atoms with Gasteiger partial charge in [-0.15, -0.1) is 12.4 Å². The van der Waals surface area contributed by atoms with Crippen molar-refractivity contribution in [2.45, 2.75) is 65.4 Å². The summed E-state index contributed by atoms with van der Waals surface area (Å²) in [6.45, 7) is 8.81. The molecule has 1 saturated carbocycles. The van der Waals surface area contributed by atoms with Crippen LogP contribution >= 0.6 is 12.4 Å². The van der Waals surface area contributed by atoms with Gasteiger partial charge in [0.1, 0.15) is 0 Å². The van der Waals surface area contributed by atoms with Crippen LogP contribution in [-0.4, -0.2) is 59.0 Å². The van der Waals surface area contributed by atoms with Crippen molar-refractivity contribution in [1.29, 1.82) is 0 Å². The lowest BCUT2D eigenvalue weighted by molar-refractivity contribution is -0.169. The predicted octanol–water partition coefficient (Wildman–Crippen LogP) is 2.46. The van der Waals surface area contributed by atoms with Gasteiger partial charge in [0.05, 0.1) is 18.1 Å². The van der Waals surface area contributed by atoms with Gasteiger partial charge in [0, 0.05) is 12.5 Å². The number of fused-ring (bicyclic) bond motifs is 2. The third-order valence-electron chi connectivity index (χ3n) is 7.07. The summed E-state index contributed by atoms with van der Waals surface area (Å²) in [5.74, 6) is -0.248. The van der Waals surface area contributed by atoms with E-state index >= 15 is 0 Å². The van der Waals surface area contributed by atoms with Crippen LogP contribution in [0.5, 0.6) is 0 Å². The summed E-state index contributed by atoms with van der Waals surface area (Å²) < 4.78 is 0. The van der Waals surface area contributed by atoms with E-state index in [2.05, 4.69) is 4.90 Å². The fraction of sp³-hybridized carbons (Fsp3) is 0.895. The first-order valence-electron chi connectivity index (χ1n) is 9.53. The van der Waals surface area contributed by atoms with Crippen LogP contribution in [0.15, 0.2) is 0 Å². The minimum atomic E-state index is -0.653. The zero-order valence-electron chi connectivity index (χ0n) is 15.8. The summed E-state index contributed by atoms with van der Waals surface area (Å²) >= 11 is 0. The number of carbonyl (C=O) groups is 2. The molecule has 1 aliphatic carbocycles. The quantitative estimate of drug-likeness (QED) is 0.770. The molecule has 6 heteroatoms. The van der Waals surface area contributed by atoms with Crippen molar-refractivity contribution in [3.63, 3.8) is 0 Å². The number of hydrogen-bond acceptors (Lipinski definition) is 4. The number of likely N-dealkylation sites (tertiary alicyclic amines) is 2. The molecule has 2 heterocycles. The molecule has 0 aromatic carbocycles. The van der Waals surface area contributed by atoms with E-state index in [0.717, 1.165) is 25.9 Å². The topological polar surface area (TPSA) is 60.9 Å². The Morgan fingerprint density at radius 1 is 1.08 bits per heavy atom. The molecule has 3 fully saturated rings. The molecule has 2 bridgehead atoms. The highest BCUT2D eigenvalue weighted by Gasteiger charge is 2.64. The van der Waals surface area contributed by atoms with Crippen LogP contribution < -0.4 is 0 Å². The SMILES string of the molecule is CC12CCC(C(=O)N(CC(O)CN3CCCCCC3)C1=O)C2(C)C.Cl. The Morgan fingerprint density at radius 2 is 1.68 bits per heavy atom. The van der Waals surface area contributed by atoms with Crippen LogP contribution in [0.4, 0.5) is 0 Å². The van der Waals surface area contributed by atoms with Crippen LogP contribution in [0.1, 0.15) is 59.3 Å². The molecule has 1 N–H and O–H groups in total. The molecule has 5 nitrogen and oxygen atoms in total. The number of amides is 2. The minimum absolute atomic E-state index is 0. The van der Waals surface area contributed by atoms with Crippen molar-refractivity contribution in [3.8, 4) is 0 Å². The van der Waals surface area contributed by atoms with Gasteiger partial charge >= 0.3 is 0 Å². The molecule has 0 radical (unpaired) electrons. The molecule has 3 unspecified atom stereocenters. The normalized spacial score (nSPS) is 33.8. The van der Waals surface area contributed by atoms with Crippen molar-refractivity contribution in [1.82, 2.24) is 9.80 Å². The zero-order valence-corrected chi connectivity index (χ0v) is 16.6. The van der Waals surface area contributed by atoms with E-state index < -0.39 is 11.5 Å². The fourth-order valence-corrected chi connectivity index (χ4v) is 4.96. The lowest BCUT2D eigenvalue weighted by atomic mass is 9.62. The molecule has 2 amide bonds. The number of piperidine rings is 1. The van der Waals surface area contributed by atoms with Crippen molar-refractivity contribution >= 4 is 24.2 Å². The van der Waals surface area contributed by atoms with E-state index in [4.69, 9.17) is 0 Å². The number of nitrogens with zero attached hydrogens (tertiary/aromatic N) is 2. The summed E-state index contributed by atoms with van der Waals surface area (Å²) in [6, 6.07) is 0. The first-order chi connectivity index (χ1) is 11.3. The van der Waals surface area contributed by atoms with Gasteiger partial charge in [-0.2, -0.15) is 0 Å². The molecule has 3 atom stereocenters. The highest BCUT2D eigenvalue weighted by Crippen LogP contribution is 2.60. The van der Waals surface area contributed by atoms with Gasteiger partial charge < -0.3 is 10.0 Å². The lowest BCUT2D eigenvalue weighted by Gasteiger charge is -2.48. The Labute approximate surface area is 157 Å². The summed E-state index contributed by atoms with van der Waals surface area (Å²) in [6.07, 6.45) is 5.75. The number of imide groups is 1. The third kappa shape index (κ3) is 3.47. The van der Waals surface area contributed by atoms with Crippen LogP contribution in [0.2, 0.25) is 0 Å². The number of aliphatic hydroxyl groups excluding tert-OH is 1. The highest BCUT2D eigenvalue weighted by atomic mass is 35.5. The van der Waals surface area contributed by atoms with Gasteiger partial charge in [0.25, 0.3) is 0 Å². The minimum Gasteiger partial charge on any atom is -0.390 e. The van der Waals surface area contributed by atoms with Gasteiger partial charge in [-0.05, 0) is 44.2 Å². The average Bonchev–Trinajstić information content (AvgIpc) is 2.70. The summed E-state index contributed by atoms with van der Waals surface area (Å²) in [5.41, 5.74) is -0.763. The van der Waals surface area contributed by atoms with Crippen LogP contribution in [-0.2, 0) is 9.59 Å². The Hall–Kier alpha value is -0.650. The van der Waals surface area contributed by atoms with Crippen LogP contribution in [0.3, 0.4) is 0 Å². The Balaban J connectivity index is 0.00000225. The number of rotatable bonds is 4. The van der Waals surface area contributed by atoms with Gasteiger partial charge in [-0.25, -0.2) is 0 Å². The van der Waals surface area contributed by atoms with E-state index in [1.807, 2.05) is 20.8 Å². The molecule has 25 heavy (non-hydrogen) atoms. The third-order valence-corrected chi connectivity index (χ3v) is 7.07. The average molecular weight is 373 g/mol. The lowest BCUT2D eigenvalue weighted by Crippen LogP contribution is -2.60. The summed E-state index contributed by atoms with van der Waals surface area (Å²) in [4.78, 5) is 29.4. The van der Waals surface area contributed by atoms with Gasteiger partial charge in [0.2, 0.25) is 11.8 Å². The second kappa shape index (κ2) is 7.53. The maximum absolute atomic E-state index is 13.0. The number of β-amino-alcohol motifs (C(OH)–C–C–N with tert-alkyl or cyclic N) is 1. The van der Waals surface area contributed by atoms with Crippen molar-refractivity contribution in [2.24, 2.45) is 16.7 Å². The van der Waals surface area contributed by atoms with Gasteiger partial charge in [0.15, 0.2) is 0 Å². The summed E-state index contributed by atoms with van der Waals surface area (Å²) in [5, 5.41) is 10.5. The van der Waals surface area contributed by atoms with Crippen molar-refractivity contribution < 1.29 is 14.7 Å².